The summed E-state index contributed by atoms with van der Waals surface area (Å²) in [6, 6.07) is 7.58. The SMILES string of the molecule is COc1ccc2[nH]cc(CCCC(=O)c3cc(=O)cc(C(=O)O)o3)c2c1. The van der Waals surface area contributed by atoms with Crippen LogP contribution in [0.1, 0.15) is 39.5 Å². The minimum Gasteiger partial charge on any atom is -0.497 e. The number of rotatable bonds is 7. The highest BCUT2D eigenvalue weighted by atomic mass is 16.5. The van der Waals surface area contributed by atoms with Crippen molar-refractivity contribution < 1.29 is 23.8 Å². The molecule has 7 heteroatoms. The zero-order chi connectivity index (χ0) is 18.7. The Morgan fingerprint density at radius 1 is 1.19 bits per heavy atom. The Labute approximate surface area is 148 Å². The van der Waals surface area contributed by atoms with Gasteiger partial charge < -0.3 is 19.2 Å². The predicted molar refractivity (Wildman–Crippen MR) is 94.1 cm³/mol. The standard InChI is InChI=1S/C19H17NO6/c1-25-13-5-6-15-14(9-13)11(10-20-15)3-2-4-16(22)17-7-12(21)8-18(26-17)19(23)24/h5-10,20H,2-4H2,1H3,(H,23,24). The molecule has 0 aliphatic heterocycles. The molecule has 2 heterocycles. The van der Waals surface area contributed by atoms with E-state index in [1.54, 1.807) is 7.11 Å². The Morgan fingerprint density at radius 3 is 2.69 bits per heavy atom. The van der Waals surface area contributed by atoms with Gasteiger partial charge in [0, 0.05) is 35.7 Å². The number of hydrogen-bond donors (Lipinski definition) is 2. The molecule has 3 aromatic rings. The molecule has 0 aliphatic carbocycles. The van der Waals surface area contributed by atoms with Crippen LogP contribution in [0.2, 0.25) is 0 Å². The molecule has 0 amide bonds. The smallest absolute Gasteiger partial charge is 0.371 e. The number of aryl methyl sites for hydroxylation is 1. The van der Waals surface area contributed by atoms with Crippen LogP contribution in [0.25, 0.3) is 10.9 Å². The second-order valence-corrected chi connectivity index (χ2v) is 5.83. The molecule has 3 rings (SSSR count). The monoisotopic (exact) mass is 355 g/mol. The van der Waals surface area contributed by atoms with Crippen molar-refractivity contribution in [3.8, 4) is 5.75 Å². The van der Waals surface area contributed by atoms with Crippen LogP contribution in [0.3, 0.4) is 0 Å². The van der Waals surface area contributed by atoms with Gasteiger partial charge in [-0.25, -0.2) is 4.79 Å². The lowest BCUT2D eigenvalue weighted by atomic mass is 10.0. The molecule has 2 aromatic heterocycles. The molecule has 134 valence electrons. The number of carbonyl (C=O) groups is 2. The van der Waals surface area contributed by atoms with Crippen molar-refractivity contribution in [2.75, 3.05) is 7.11 Å². The van der Waals surface area contributed by atoms with Gasteiger partial charge in [0.15, 0.2) is 17.0 Å². The van der Waals surface area contributed by atoms with Gasteiger partial charge >= 0.3 is 5.97 Å². The van der Waals surface area contributed by atoms with Crippen LogP contribution in [0.15, 0.2) is 45.7 Å². The molecule has 2 N–H and O–H groups in total. The number of ether oxygens (including phenoxy) is 1. The third-order valence-corrected chi connectivity index (χ3v) is 4.08. The van der Waals surface area contributed by atoms with E-state index in [0.29, 0.717) is 12.8 Å². The number of carbonyl (C=O) groups excluding carboxylic acids is 1. The van der Waals surface area contributed by atoms with E-state index < -0.39 is 22.9 Å². The van der Waals surface area contributed by atoms with E-state index in [4.69, 9.17) is 14.3 Å². The number of carboxylic acids is 1. The summed E-state index contributed by atoms with van der Waals surface area (Å²) >= 11 is 0. The average molecular weight is 355 g/mol. The van der Waals surface area contributed by atoms with Crippen molar-refractivity contribution in [3.63, 3.8) is 0 Å². The molecular weight excluding hydrogens is 338 g/mol. The Morgan fingerprint density at radius 2 is 1.96 bits per heavy atom. The van der Waals surface area contributed by atoms with Gasteiger partial charge in [-0.3, -0.25) is 9.59 Å². The van der Waals surface area contributed by atoms with E-state index >= 15 is 0 Å². The Bertz CT molecular complexity index is 1030. The van der Waals surface area contributed by atoms with Gasteiger partial charge in [-0.1, -0.05) is 0 Å². The maximum atomic E-state index is 12.2. The van der Waals surface area contributed by atoms with Crippen molar-refractivity contribution in [2.45, 2.75) is 19.3 Å². The van der Waals surface area contributed by atoms with Gasteiger partial charge in [0.2, 0.25) is 5.76 Å². The number of aromatic amines is 1. The fraction of sp³-hybridized carbons (Fsp3) is 0.211. The van der Waals surface area contributed by atoms with Crippen LogP contribution < -0.4 is 10.2 Å². The van der Waals surface area contributed by atoms with Crippen molar-refractivity contribution in [1.29, 1.82) is 0 Å². The number of carboxylic acid groups (broad SMARTS) is 1. The molecule has 0 spiro atoms. The first-order chi connectivity index (χ1) is 12.5. The largest absolute Gasteiger partial charge is 0.497 e. The Kier molecular flexibility index (Phi) is 4.88. The number of aromatic nitrogens is 1. The van der Waals surface area contributed by atoms with Gasteiger partial charge in [-0.05, 0) is 36.6 Å². The molecule has 0 fully saturated rings. The Hall–Kier alpha value is -3.35. The number of benzene rings is 1. The third-order valence-electron chi connectivity index (χ3n) is 4.08. The number of methoxy groups -OCH3 is 1. The van der Waals surface area contributed by atoms with E-state index in [2.05, 4.69) is 4.98 Å². The van der Waals surface area contributed by atoms with Crippen LogP contribution in [0.4, 0.5) is 0 Å². The second-order valence-electron chi connectivity index (χ2n) is 5.83. The van der Waals surface area contributed by atoms with Crippen LogP contribution in [0, 0.1) is 0 Å². The first-order valence-electron chi connectivity index (χ1n) is 8.03. The number of H-pyrrole nitrogens is 1. The molecule has 0 saturated heterocycles. The normalized spacial score (nSPS) is 10.8. The summed E-state index contributed by atoms with van der Waals surface area (Å²) in [5.74, 6) is -1.80. The number of fused-ring (bicyclic) bond motifs is 1. The summed E-state index contributed by atoms with van der Waals surface area (Å²) in [6.45, 7) is 0. The fourth-order valence-corrected chi connectivity index (χ4v) is 2.77. The fourth-order valence-electron chi connectivity index (χ4n) is 2.77. The topological polar surface area (TPSA) is 110 Å². The molecule has 0 aliphatic rings. The lowest BCUT2D eigenvalue weighted by Gasteiger charge is -2.03. The van der Waals surface area contributed by atoms with Gasteiger partial charge in [-0.15, -0.1) is 0 Å². The molecular formula is C19H17NO6. The minimum atomic E-state index is -1.38. The number of Topliss-reactive ketones (excluding diaryl/α,β-unsaturated/α-hetero) is 1. The van der Waals surface area contributed by atoms with E-state index in [0.717, 1.165) is 34.3 Å². The molecule has 0 bridgehead atoms. The summed E-state index contributed by atoms with van der Waals surface area (Å²) in [5, 5.41) is 9.93. The van der Waals surface area contributed by atoms with Gasteiger partial charge in [0.1, 0.15) is 5.75 Å². The van der Waals surface area contributed by atoms with Crippen LogP contribution in [0.5, 0.6) is 5.75 Å². The van der Waals surface area contributed by atoms with Crippen LogP contribution in [-0.4, -0.2) is 29.0 Å². The van der Waals surface area contributed by atoms with E-state index in [-0.39, 0.29) is 12.2 Å². The van der Waals surface area contributed by atoms with Crippen LogP contribution in [-0.2, 0) is 6.42 Å². The first-order valence-corrected chi connectivity index (χ1v) is 8.03. The van der Waals surface area contributed by atoms with Gasteiger partial charge in [0.05, 0.1) is 7.11 Å². The summed E-state index contributed by atoms with van der Waals surface area (Å²) in [4.78, 5) is 37.8. The summed E-state index contributed by atoms with van der Waals surface area (Å²) in [7, 11) is 1.60. The van der Waals surface area contributed by atoms with E-state index in [1.165, 1.54) is 0 Å². The molecule has 0 saturated carbocycles. The van der Waals surface area contributed by atoms with Gasteiger partial charge in [0.25, 0.3) is 0 Å². The lowest BCUT2D eigenvalue weighted by Crippen LogP contribution is -2.10. The summed E-state index contributed by atoms with van der Waals surface area (Å²) in [6.07, 6.45) is 3.20. The van der Waals surface area contributed by atoms with Gasteiger partial charge in [-0.2, -0.15) is 0 Å². The maximum absolute atomic E-state index is 12.2. The summed E-state index contributed by atoms with van der Waals surface area (Å²) in [5.41, 5.74) is 1.46. The number of nitrogens with one attached hydrogen (secondary N) is 1. The molecule has 7 nitrogen and oxygen atoms in total. The zero-order valence-electron chi connectivity index (χ0n) is 14.1. The van der Waals surface area contributed by atoms with Crippen LogP contribution >= 0.6 is 0 Å². The number of aromatic carboxylic acids is 1. The Balaban J connectivity index is 1.69. The lowest BCUT2D eigenvalue weighted by molar-refractivity contribution is 0.0656. The summed E-state index contributed by atoms with van der Waals surface area (Å²) < 4.78 is 10.2. The van der Waals surface area contributed by atoms with Crippen molar-refractivity contribution in [2.24, 2.45) is 0 Å². The second kappa shape index (κ2) is 7.26. The molecule has 26 heavy (non-hydrogen) atoms. The number of ketones is 1. The molecule has 0 atom stereocenters. The third kappa shape index (κ3) is 3.66. The average Bonchev–Trinajstić information content (AvgIpc) is 3.03. The van der Waals surface area contributed by atoms with Crippen molar-refractivity contribution in [1.82, 2.24) is 4.98 Å². The first kappa shape index (κ1) is 17.5. The van der Waals surface area contributed by atoms with Crippen molar-refractivity contribution in [3.05, 3.63) is 63.8 Å². The predicted octanol–water partition coefficient (Wildman–Crippen LogP) is 3.03. The maximum Gasteiger partial charge on any atom is 0.371 e. The molecule has 0 radical (unpaired) electrons. The molecule has 1 aromatic carbocycles. The molecule has 0 unspecified atom stereocenters. The number of hydrogen-bond acceptors (Lipinski definition) is 5. The van der Waals surface area contributed by atoms with Crippen molar-refractivity contribution >= 4 is 22.7 Å². The highest BCUT2D eigenvalue weighted by Gasteiger charge is 2.15. The van der Waals surface area contributed by atoms with E-state index in [1.807, 2.05) is 24.4 Å². The minimum absolute atomic E-state index is 0.142. The quantitative estimate of drug-likeness (QED) is 0.631. The van der Waals surface area contributed by atoms with E-state index in [9.17, 15) is 14.4 Å². The zero-order valence-corrected chi connectivity index (χ0v) is 14.1. The highest BCUT2D eigenvalue weighted by molar-refractivity contribution is 5.94. The highest BCUT2D eigenvalue weighted by Crippen LogP contribution is 2.25.